The molecule has 22 heavy (non-hydrogen) atoms. The van der Waals surface area contributed by atoms with Crippen LogP contribution in [0, 0.1) is 31.3 Å². The minimum atomic E-state index is -1.35. The van der Waals surface area contributed by atoms with Crippen LogP contribution in [0.5, 0.6) is 5.75 Å². The number of halogens is 1. The molecule has 1 aromatic carbocycles. The first-order valence-electron chi connectivity index (χ1n) is 6.04. The summed E-state index contributed by atoms with van der Waals surface area (Å²) in [6.07, 6.45) is 0. The molecule has 120 valence electrons. The van der Waals surface area contributed by atoms with E-state index >= 15 is 0 Å². The molecule has 0 saturated heterocycles. The predicted molar refractivity (Wildman–Crippen MR) is 69.3 cm³/mol. The van der Waals surface area contributed by atoms with Crippen LogP contribution in [0.3, 0.4) is 0 Å². The lowest BCUT2D eigenvalue weighted by Crippen LogP contribution is -2.30. The lowest BCUT2D eigenvalue weighted by atomic mass is 10.2. The summed E-state index contributed by atoms with van der Waals surface area (Å²) in [5.74, 6) is -2.07. The van der Waals surface area contributed by atoms with Gasteiger partial charge in [0.2, 0.25) is 16.8 Å². The van der Waals surface area contributed by atoms with Gasteiger partial charge in [-0.25, -0.2) is 0 Å². The van der Waals surface area contributed by atoms with E-state index in [0.29, 0.717) is 25.2 Å². The number of benzene rings is 1. The Morgan fingerprint density at radius 3 is 2.14 bits per heavy atom. The Kier molecular flexibility index (Phi) is 5.49. The molecule has 1 aromatic rings. The summed E-state index contributed by atoms with van der Waals surface area (Å²) in [5, 5.41) is 37.1. The minimum absolute atomic E-state index is 0.0447. The van der Waals surface area contributed by atoms with E-state index in [-0.39, 0.29) is 4.97 Å². The summed E-state index contributed by atoms with van der Waals surface area (Å²) in [5.41, 5.74) is -1.97. The molecule has 12 heteroatoms. The first-order valence-corrected chi connectivity index (χ1v) is 6.04. The SMILES string of the molecule is CCN(CC)/[N+]([O-])=N/Oc1cc(F)c([N+](=O)[O-])cc1[N+](=O)[O-]. The maximum absolute atomic E-state index is 13.5. The number of nitro benzene ring substituents is 2. The van der Waals surface area contributed by atoms with Crippen LogP contribution in [-0.2, 0) is 0 Å². The van der Waals surface area contributed by atoms with Gasteiger partial charge in [0.1, 0.15) is 6.07 Å². The van der Waals surface area contributed by atoms with Crippen molar-refractivity contribution in [3.63, 3.8) is 0 Å². The zero-order valence-corrected chi connectivity index (χ0v) is 11.6. The third-order valence-corrected chi connectivity index (χ3v) is 2.60. The van der Waals surface area contributed by atoms with E-state index in [0.717, 1.165) is 0 Å². The lowest BCUT2D eigenvalue weighted by Gasteiger charge is -2.13. The summed E-state index contributed by atoms with van der Waals surface area (Å²) in [6, 6.07) is 0.822. The Morgan fingerprint density at radius 2 is 1.68 bits per heavy atom. The van der Waals surface area contributed by atoms with Crippen molar-refractivity contribution in [2.75, 3.05) is 13.1 Å². The van der Waals surface area contributed by atoms with E-state index in [1.165, 1.54) is 5.01 Å². The standard InChI is InChI=1S/C10H12FN5O6/c1-3-13(4-2)16(21)12-22-10-5-7(11)8(14(17)18)6-9(10)15(19)20/h5-6H,3-4H2,1-2H3/b16-12-. The fourth-order valence-corrected chi connectivity index (χ4v) is 1.48. The van der Waals surface area contributed by atoms with Crippen LogP contribution in [-0.4, -0.2) is 32.9 Å². The normalized spacial score (nSPS) is 11.1. The fourth-order valence-electron chi connectivity index (χ4n) is 1.48. The lowest BCUT2D eigenvalue weighted by molar-refractivity contribution is -0.706. The average molecular weight is 317 g/mol. The van der Waals surface area contributed by atoms with Gasteiger partial charge in [-0.05, 0) is 13.8 Å². The molecule has 0 aliphatic rings. The Hall–Kier alpha value is -3.05. The van der Waals surface area contributed by atoms with Crippen LogP contribution in [0.1, 0.15) is 13.8 Å². The average Bonchev–Trinajstić information content (AvgIpc) is 2.45. The van der Waals surface area contributed by atoms with Crippen LogP contribution >= 0.6 is 0 Å². The number of hydrazine groups is 1. The monoisotopic (exact) mass is 317 g/mol. The second-order valence-electron chi connectivity index (χ2n) is 3.85. The van der Waals surface area contributed by atoms with Crippen molar-refractivity contribution in [2.45, 2.75) is 13.8 Å². The molecule has 0 unspecified atom stereocenters. The second-order valence-corrected chi connectivity index (χ2v) is 3.85. The highest BCUT2D eigenvalue weighted by atomic mass is 19.1. The highest BCUT2D eigenvalue weighted by molar-refractivity contribution is 5.54. The molecule has 0 aliphatic heterocycles. The molecule has 0 aromatic heterocycles. The Labute approximate surface area is 123 Å². The largest absolute Gasteiger partial charge is 0.569 e. The van der Waals surface area contributed by atoms with Crippen molar-refractivity contribution in [3.8, 4) is 5.75 Å². The summed E-state index contributed by atoms with van der Waals surface area (Å²) in [4.78, 5) is 23.9. The number of hydrogen-bond donors (Lipinski definition) is 0. The maximum Gasteiger partial charge on any atom is 0.321 e. The van der Waals surface area contributed by atoms with Gasteiger partial charge in [-0.1, -0.05) is 0 Å². The molecule has 0 bridgehead atoms. The molecular weight excluding hydrogens is 305 g/mol. The smallest absolute Gasteiger partial charge is 0.321 e. The van der Waals surface area contributed by atoms with Crippen LogP contribution in [0.4, 0.5) is 15.8 Å². The molecule has 1 rings (SSSR count). The molecule has 0 aliphatic carbocycles. The van der Waals surface area contributed by atoms with E-state index in [4.69, 9.17) is 0 Å². The Morgan fingerprint density at radius 1 is 1.14 bits per heavy atom. The summed E-state index contributed by atoms with van der Waals surface area (Å²) < 4.78 is 13.5. The predicted octanol–water partition coefficient (Wildman–Crippen LogP) is 2.16. The molecule has 0 spiro atoms. The maximum atomic E-state index is 13.5. The molecule has 0 atom stereocenters. The first kappa shape index (κ1) is 17.0. The summed E-state index contributed by atoms with van der Waals surface area (Å²) >= 11 is 0. The zero-order valence-electron chi connectivity index (χ0n) is 11.6. The van der Waals surface area contributed by atoms with Crippen LogP contribution in [0.15, 0.2) is 17.4 Å². The molecule has 0 N–H and O–H groups in total. The van der Waals surface area contributed by atoms with Crippen molar-refractivity contribution >= 4 is 11.4 Å². The first-order chi connectivity index (χ1) is 10.3. The third-order valence-electron chi connectivity index (χ3n) is 2.60. The van der Waals surface area contributed by atoms with Gasteiger partial charge in [0.25, 0.3) is 0 Å². The van der Waals surface area contributed by atoms with Crippen molar-refractivity contribution in [2.24, 2.45) is 5.28 Å². The van der Waals surface area contributed by atoms with Gasteiger partial charge < -0.3 is 5.21 Å². The third kappa shape index (κ3) is 3.74. The minimum Gasteiger partial charge on any atom is -0.569 e. The molecule has 0 fully saturated rings. The van der Waals surface area contributed by atoms with Crippen molar-refractivity contribution in [3.05, 3.63) is 43.4 Å². The number of nitro groups is 2. The molecular formula is C10H12FN5O6. The van der Waals surface area contributed by atoms with Gasteiger partial charge in [-0.2, -0.15) is 4.39 Å². The fraction of sp³-hybridized carbons (Fsp3) is 0.400. The van der Waals surface area contributed by atoms with E-state index < -0.39 is 32.8 Å². The van der Waals surface area contributed by atoms with E-state index in [1.807, 2.05) is 0 Å². The van der Waals surface area contributed by atoms with Gasteiger partial charge in [0.05, 0.1) is 27.9 Å². The van der Waals surface area contributed by atoms with Crippen LogP contribution in [0.2, 0.25) is 0 Å². The Balaban J connectivity index is 3.19. The topological polar surface area (TPSA) is 137 Å². The van der Waals surface area contributed by atoms with E-state index in [9.17, 15) is 29.8 Å². The zero-order chi connectivity index (χ0) is 16.9. The Bertz CT molecular complexity index is 618. The van der Waals surface area contributed by atoms with Crippen LogP contribution in [0.25, 0.3) is 0 Å². The van der Waals surface area contributed by atoms with Gasteiger partial charge in [0, 0.05) is 6.07 Å². The highest BCUT2D eigenvalue weighted by Gasteiger charge is 2.27. The quantitative estimate of drug-likeness (QED) is 0.325. The van der Waals surface area contributed by atoms with E-state index in [1.54, 1.807) is 13.8 Å². The van der Waals surface area contributed by atoms with Gasteiger partial charge in [-0.15, -0.1) is 5.01 Å². The number of rotatable bonds is 7. The van der Waals surface area contributed by atoms with Gasteiger partial charge >= 0.3 is 11.4 Å². The van der Waals surface area contributed by atoms with Crippen molar-refractivity contribution < 1.29 is 24.0 Å². The summed E-state index contributed by atoms with van der Waals surface area (Å²) in [7, 11) is 0. The second kappa shape index (κ2) is 7.10. The van der Waals surface area contributed by atoms with Crippen molar-refractivity contribution in [1.29, 1.82) is 0 Å². The molecule has 0 radical (unpaired) electrons. The number of hydrogen-bond acceptors (Lipinski definition) is 7. The van der Waals surface area contributed by atoms with Crippen LogP contribution < -0.4 is 4.84 Å². The van der Waals surface area contributed by atoms with Crippen molar-refractivity contribution in [1.82, 2.24) is 5.01 Å². The van der Waals surface area contributed by atoms with E-state index in [2.05, 4.69) is 10.1 Å². The molecule has 0 heterocycles. The highest BCUT2D eigenvalue weighted by Crippen LogP contribution is 2.33. The van der Waals surface area contributed by atoms with Gasteiger partial charge in [0.15, 0.2) is 0 Å². The summed E-state index contributed by atoms with van der Waals surface area (Å²) in [6.45, 7) is 3.92. The molecule has 11 nitrogen and oxygen atoms in total. The molecule has 0 amide bonds. The van der Waals surface area contributed by atoms with Gasteiger partial charge in [-0.3, -0.25) is 25.1 Å². The molecule has 0 saturated carbocycles. The number of nitrogens with zero attached hydrogens (tertiary/aromatic N) is 5.